The van der Waals surface area contributed by atoms with Gasteiger partial charge in [0.1, 0.15) is 7.05 Å². The number of nitrogens with zero attached hydrogens (tertiary/aromatic N) is 3. The van der Waals surface area contributed by atoms with Gasteiger partial charge in [-0.15, -0.1) is 0 Å². The van der Waals surface area contributed by atoms with Crippen LogP contribution in [-0.4, -0.2) is 9.38 Å². The molecule has 6 aromatic rings. The molecule has 0 radical (unpaired) electrons. The monoisotopic (exact) mass is 432 g/mol. The molecule has 4 heterocycles. The summed E-state index contributed by atoms with van der Waals surface area (Å²) in [5.74, 6) is 0.644. The van der Waals surface area contributed by atoms with Crippen molar-refractivity contribution in [2.45, 2.75) is 52.4 Å². The van der Waals surface area contributed by atoms with Gasteiger partial charge < -0.3 is 4.40 Å². The highest BCUT2D eigenvalue weighted by Crippen LogP contribution is 2.45. The first-order chi connectivity index (χ1) is 15.9. The Morgan fingerprint density at radius 2 is 1.82 bits per heavy atom. The summed E-state index contributed by atoms with van der Waals surface area (Å²) in [5, 5.41) is 5.31. The van der Waals surface area contributed by atoms with E-state index in [1.54, 1.807) is 0 Å². The fourth-order valence-electron chi connectivity index (χ4n) is 6.52. The van der Waals surface area contributed by atoms with Crippen molar-refractivity contribution in [3.63, 3.8) is 0 Å². The van der Waals surface area contributed by atoms with E-state index < -0.39 is 0 Å². The van der Waals surface area contributed by atoms with Crippen molar-refractivity contribution in [2.75, 3.05) is 0 Å². The van der Waals surface area contributed by atoms with E-state index in [-0.39, 0.29) is 0 Å². The molecule has 0 bridgehead atoms. The van der Waals surface area contributed by atoms with Crippen molar-refractivity contribution in [1.29, 1.82) is 0 Å². The second kappa shape index (κ2) is 6.44. The minimum absolute atomic E-state index is 0.480. The highest BCUT2D eigenvalue weighted by molar-refractivity contribution is 6.25. The Labute approximate surface area is 194 Å². The van der Waals surface area contributed by atoms with Crippen LogP contribution >= 0.6 is 0 Å². The van der Waals surface area contributed by atoms with Crippen LogP contribution < -0.4 is 4.57 Å². The lowest BCUT2D eigenvalue weighted by Crippen LogP contribution is -2.29. The molecule has 33 heavy (non-hydrogen) atoms. The van der Waals surface area contributed by atoms with E-state index in [1.807, 2.05) is 6.20 Å². The maximum atomic E-state index is 4.83. The van der Waals surface area contributed by atoms with Gasteiger partial charge in [-0.3, -0.25) is 4.98 Å². The molecule has 1 fully saturated rings. The molecule has 1 aliphatic carbocycles. The molecular formula is C30H30N3+. The molecule has 0 N–H and O–H groups in total. The van der Waals surface area contributed by atoms with Crippen molar-refractivity contribution in [2.24, 2.45) is 12.5 Å². The number of aromatic nitrogens is 3. The third-order valence-corrected chi connectivity index (χ3v) is 8.42. The van der Waals surface area contributed by atoms with Gasteiger partial charge in [0, 0.05) is 17.6 Å². The van der Waals surface area contributed by atoms with Gasteiger partial charge in [0.05, 0.1) is 32.8 Å². The third-order valence-electron chi connectivity index (χ3n) is 8.42. The van der Waals surface area contributed by atoms with Gasteiger partial charge in [-0.1, -0.05) is 32.0 Å². The van der Waals surface area contributed by atoms with E-state index in [0.29, 0.717) is 11.3 Å². The van der Waals surface area contributed by atoms with Crippen LogP contribution in [0.25, 0.3) is 49.1 Å². The van der Waals surface area contributed by atoms with Gasteiger partial charge >= 0.3 is 0 Å². The first kappa shape index (κ1) is 19.3. The van der Waals surface area contributed by atoms with Crippen molar-refractivity contribution in [3.8, 4) is 0 Å². The molecule has 0 atom stereocenters. The van der Waals surface area contributed by atoms with E-state index >= 15 is 0 Å². The van der Waals surface area contributed by atoms with Crippen molar-refractivity contribution >= 4 is 49.1 Å². The first-order valence-electron chi connectivity index (χ1n) is 12.3. The second-order valence-corrected chi connectivity index (χ2v) is 11.1. The SMILES string of the molecule is Cc1ccc2c3ncccc3n3c4cc(C5CCC(C)(C)CC5)cc5cc[n+](C)c(c1c23)c54. The lowest BCUT2D eigenvalue weighted by molar-refractivity contribution is -0.643. The Balaban J connectivity index is 1.68. The van der Waals surface area contributed by atoms with Crippen molar-refractivity contribution in [3.05, 3.63) is 66.0 Å². The summed E-state index contributed by atoms with van der Waals surface area (Å²) in [6.45, 7) is 7.09. The average molecular weight is 433 g/mol. The molecule has 164 valence electrons. The standard InChI is InChI=1S/C30H30N3/c1-18-7-8-22-27-23(6-5-14-31-27)33-24-17-21(19-9-12-30(2,3)13-10-19)16-20-11-15-32(4)29(26(20)24)25(18)28(22)33/h5-8,11,14-17,19H,9-10,12-13H2,1-4H3/q+1. The molecule has 0 amide bonds. The number of aryl methyl sites for hydroxylation is 2. The molecule has 1 saturated carbocycles. The molecule has 0 saturated heterocycles. The Morgan fingerprint density at radius 1 is 1.00 bits per heavy atom. The van der Waals surface area contributed by atoms with Gasteiger partial charge in [-0.2, -0.15) is 0 Å². The van der Waals surface area contributed by atoms with Crippen LogP contribution in [0.5, 0.6) is 0 Å². The van der Waals surface area contributed by atoms with Crippen LogP contribution in [0, 0.1) is 12.3 Å². The van der Waals surface area contributed by atoms with E-state index in [9.17, 15) is 0 Å². The number of hydrogen-bond acceptors (Lipinski definition) is 1. The van der Waals surface area contributed by atoms with Gasteiger partial charge in [0.2, 0.25) is 5.52 Å². The van der Waals surface area contributed by atoms with Crippen LogP contribution in [0.2, 0.25) is 0 Å². The van der Waals surface area contributed by atoms with Crippen LogP contribution in [0.15, 0.2) is 54.9 Å². The fourth-order valence-corrected chi connectivity index (χ4v) is 6.52. The molecular weight excluding hydrogens is 402 g/mol. The Bertz CT molecular complexity index is 1710. The minimum Gasteiger partial charge on any atom is -0.306 e. The second-order valence-electron chi connectivity index (χ2n) is 11.1. The van der Waals surface area contributed by atoms with Gasteiger partial charge in [0.15, 0.2) is 6.20 Å². The summed E-state index contributed by atoms with van der Waals surface area (Å²) in [5.41, 5.74) is 9.57. The quantitative estimate of drug-likeness (QED) is 0.153. The molecule has 4 aromatic heterocycles. The lowest BCUT2D eigenvalue weighted by atomic mass is 9.71. The summed E-state index contributed by atoms with van der Waals surface area (Å²) in [4.78, 5) is 4.83. The Kier molecular flexibility index (Phi) is 3.76. The number of fused-ring (bicyclic) bond motifs is 5. The maximum absolute atomic E-state index is 4.83. The zero-order valence-corrected chi connectivity index (χ0v) is 19.9. The normalized spacial score (nSPS) is 17.3. The smallest absolute Gasteiger partial charge is 0.224 e. The number of benzene rings is 2. The summed E-state index contributed by atoms with van der Waals surface area (Å²) in [7, 11) is 2.19. The predicted octanol–water partition coefficient (Wildman–Crippen LogP) is 7.20. The molecule has 0 spiro atoms. The number of rotatable bonds is 1. The third kappa shape index (κ3) is 2.57. The maximum Gasteiger partial charge on any atom is 0.224 e. The molecule has 2 aromatic carbocycles. The summed E-state index contributed by atoms with van der Waals surface area (Å²) in [6.07, 6.45) is 9.34. The molecule has 7 rings (SSSR count). The van der Waals surface area contributed by atoms with Crippen molar-refractivity contribution < 1.29 is 4.57 Å². The molecule has 0 aliphatic heterocycles. The van der Waals surface area contributed by atoms with E-state index in [1.165, 1.54) is 80.4 Å². The van der Waals surface area contributed by atoms with E-state index in [2.05, 4.69) is 85.4 Å². The zero-order chi connectivity index (χ0) is 22.5. The number of hydrogen-bond donors (Lipinski definition) is 0. The van der Waals surface area contributed by atoms with E-state index in [0.717, 1.165) is 5.52 Å². The molecule has 3 heteroatoms. The van der Waals surface area contributed by atoms with Gasteiger partial charge in [-0.05, 0) is 78.7 Å². The summed E-state index contributed by atoms with van der Waals surface area (Å²) in [6, 6.07) is 16.1. The minimum atomic E-state index is 0.480. The molecule has 3 nitrogen and oxygen atoms in total. The summed E-state index contributed by atoms with van der Waals surface area (Å²) < 4.78 is 4.82. The number of pyridine rings is 3. The Hall–Kier alpha value is -3.20. The first-order valence-corrected chi connectivity index (χ1v) is 12.3. The zero-order valence-electron chi connectivity index (χ0n) is 19.9. The van der Waals surface area contributed by atoms with E-state index in [4.69, 9.17) is 4.98 Å². The predicted molar refractivity (Wildman–Crippen MR) is 137 cm³/mol. The van der Waals surface area contributed by atoms with Crippen LogP contribution in [0.4, 0.5) is 0 Å². The topological polar surface area (TPSA) is 21.2 Å². The van der Waals surface area contributed by atoms with Crippen LogP contribution in [0.1, 0.15) is 56.6 Å². The van der Waals surface area contributed by atoms with Gasteiger partial charge in [0.25, 0.3) is 0 Å². The lowest BCUT2D eigenvalue weighted by Gasteiger charge is -2.34. The van der Waals surface area contributed by atoms with Crippen molar-refractivity contribution in [1.82, 2.24) is 9.38 Å². The molecule has 1 aliphatic rings. The molecule has 0 unspecified atom stereocenters. The average Bonchev–Trinajstić information content (AvgIpc) is 3.14. The van der Waals surface area contributed by atoms with Crippen LogP contribution in [0.3, 0.4) is 0 Å². The largest absolute Gasteiger partial charge is 0.306 e. The highest BCUT2D eigenvalue weighted by atomic mass is 15.0. The van der Waals surface area contributed by atoms with Crippen LogP contribution in [-0.2, 0) is 7.05 Å². The fraction of sp³-hybridized carbons (Fsp3) is 0.333. The Morgan fingerprint density at radius 3 is 2.64 bits per heavy atom. The van der Waals surface area contributed by atoms with Gasteiger partial charge in [-0.25, -0.2) is 4.57 Å². The highest BCUT2D eigenvalue weighted by Gasteiger charge is 2.29. The summed E-state index contributed by atoms with van der Waals surface area (Å²) >= 11 is 0.